The highest BCUT2D eigenvalue weighted by Crippen LogP contribution is 2.22. The average Bonchev–Trinajstić information content (AvgIpc) is 2.66. The summed E-state index contributed by atoms with van der Waals surface area (Å²) in [5.74, 6) is -3.06. The molecule has 1 rings (SSSR count). The van der Waals surface area contributed by atoms with Gasteiger partial charge in [-0.05, 0) is 38.0 Å². The number of nitro groups is 1. The fraction of sp³-hybridized carbons (Fsp3) is 0.450. The van der Waals surface area contributed by atoms with Crippen LogP contribution in [0.1, 0.15) is 45.1 Å². The standard InChI is InChI=1S/C20H25NO8/c1-5-7-17(29-18(22)13(3)4)20(24)28-15-10-8-14(9-11-15)16(12-21(25)26)19(23)27-6-2/h8-11,16-17H,3,5-7,12H2,1-2,4H3. The molecule has 9 heteroatoms. The molecule has 0 N–H and O–H groups in total. The number of esters is 3. The van der Waals surface area contributed by atoms with Crippen molar-refractivity contribution in [3.8, 4) is 5.75 Å². The van der Waals surface area contributed by atoms with Crippen molar-refractivity contribution in [3.05, 3.63) is 52.1 Å². The van der Waals surface area contributed by atoms with E-state index in [0.717, 1.165) is 0 Å². The molecule has 2 unspecified atom stereocenters. The molecule has 2 atom stereocenters. The third-order valence-electron chi connectivity index (χ3n) is 3.82. The number of carbonyl (C=O) groups excluding carboxylic acids is 3. The minimum Gasteiger partial charge on any atom is -0.465 e. The molecule has 0 aliphatic heterocycles. The molecule has 0 spiro atoms. The number of ether oxygens (including phenoxy) is 3. The van der Waals surface area contributed by atoms with Crippen molar-refractivity contribution >= 4 is 17.9 Å². The van der Waals surface area contributed by atoms with Gasteiger partial charge in [0.25, 0.3) is 0 Å². The molecule has 158 valence electrons. The molecule has 0 aliphatic carbocycles. The van der Waals surface area contributed by atoms with Crippen molar-refractivity contribution in [1.29, 1.82) is 0 Å². The van der Waals surface area contributed by atoms with E-state index in [4.69, 9.17) is 14.2 Å². The van der Waals surface area contributed by atoms with Gasteiger partial charge in [-0.15, -0.1) is 0 Å². The minimum absolute atomic E-state index is 0.102. The van der Waals surface area contributed by atoms with Crippen molar-refractivity contribution in [2.24, 2.45) is 0 Å². The maximum atomic E-state index is 12.3. The van der Waals surface area contributed by atoms with Gasteiger partial charge in [0.2, 0.25) is 6.54 Å². The number of nitrogens with zero attached hydrogens (tertiary/aromatic N) is 1. The molecule has 0 heterocycles. The van der Waals surface area contributed by atoms with Crippen LogP contribution in [0.3, 0.4) is 0 Å². The van der Waals surface area contributed by atoms with Gasteiger partial charge in [-0.3, -0.25) is 14.9 Å². The SMILES string of the molecule is C=C(C)C(=O)OC(CCC)C(=O)Oc1ccc(C(C[N+](=O)[O-])C(=O)OCC)cc1. The quantitative estimate of drug-likeness (QED) is 0.180. The van der Waals surface area contributed by atoms with Crippen LogP contribution in [0, 0.1) is 10.1 Å². The second-order valence-corrected chi connectivity index (χ2v) is 6.27. The zero-order chi connectivity index (χ0) is 22.0. The summed E-state index contributed by atoms with van der Waals surface area (Å²) in [4.78, 5) is 46.3. The monoisotopic (exact) mass is 407 g/mol. The van der Waals surface area contributed by atoms with E-state index >= 15 is 0 Å². The first kappa shape index (κ1) is 23.8. The zero-order valence-corrected chi connectivity index (χ0v) is 16.7. The molecule has 0 saturated carbocycles. The predicted octanol–water partition coefficient (Wildman–Crippen LogP) is 2.80. The Labute approximate surface area is 168 Å². The maximum Gasteiger partial charge on any atom is 0.352 e. The van der Waals surface area contributed by atoms with Crippen molar-refractivity contribution < 1.29 is 33.5 Å². The Bertz CT molecular complexity index is 756. The van der Waals surface area contributed by atoms with E-state index in [1.807, 2.05) is 6.92 Å². The van der Waals surface area contributed by atoms with Crippen molar-refractivity contribution in [1.82, 2.24) is 0 Å². The Morgan fingerprint density at radius 1 is 1.14 bits per heavy atom. The van der Waals surface area contributed by atoms with Gasteiger partial charge in [-0.1, -0.05) is 32.1 Å². The molecule has 0 bridgehead atoms. The maximum absolute atomic E-state index is 12.3. The Balaban J connectivity index is 2.91. The summed E-state index contributed by atoms with van der Waals surface area (Å²) >= 11 is 0. The third-order valence-corrected chi connectivity index (χ3v) is 3.82. The van der Waals surface area contributed by atoms with Crippen LogP contribution in [0.4, 0.5) is 0 Å². The summed E-state index contributed by atoms with van der Waals surface area (Å²) in [7, 11) is 0. The van der Waals surface area contributed by atoms with Gasteiger partial charge in [0.05, 0.1) is 6.61 Å². The Kier molecular flexibility index (Phi) is 9.50. The van der Waals surface area contributed by atoms with Gasteiger partial charge in [0.1, 0.15) is 11.7 Å². The number of benzene rings is 1. The van der Waals surface area contributed by atoms with Crippen molar-refractivity contribution in [2.75, 3.05) is 13.2 Å². The molecular weight excluding hydrogens is 382 g/mol. The first-order chi connectivity index (χ1) is 13.7. The van der Waals surface area contributed by atoms with Crippen LogP contribution in [-0.4, -0.2) is 42.1 Å². The molecule has 9 nitrogen and oxygen atoms in total. The molecule has 0 fully saturated rings. The lowest BCUT2D eigenvalue weighted by atomic mass is 9.99. The van der Waals surface area contributed by atoms with Gasteiger partial charge < -0.3 is 14.2 Å². The van der Waals surface area contributed by atoms with E-state index in [2.05, 4.69) is 6.58 Å². The van der Waals surface area contributed by atoms with E-state index < -0.39 is 41.4 Å². The number of hydrogen-bond acceptors (Lipinski definition) is 8. The van der Waals surface area contributed by atoms with E-state index in [1.165, 1.54) is 31.2 Å². The lowest BCUT2D eigenvalue weighted by Gasteiger charge is -2.16. The topological polar surface area (TPSA) is 122 Å². The highest BCUT2D eigenvalue weighted by Gasteiger charge is 2.28. The second-order valence-electron chi connectivity index (χ2n) is 6.27. The van der Waals surface area contributed by atoms with Crippen LogP contribution in [0.15, 0.2) is 36.4 Å². The first-order valence-electron chi connectivity index (χ1n) is 9.16. The van der Waals surface area contributed by atoms with Crippen LogP contribution in [0.5, 0.6) is 5.75 Å². The number of carbonyl (C=O) groups is 3. The third kappa shape index (κ3) is 7.73. The zero-order valence-electron chi connectivity index (χ0n) is 16.7. The number of hydrogen-bond donors (Lipinski definition) is 0. The van der Waals surface area contributed by atoms with Crippen LogP contribution in [0.25, 0.3) is 0 Å². The molecular formula is C20H25NO8. The lowest BCUT2D eigenvalue weighted by Crippen LogP contribution is -2.31. The second kappa shape index (κ2) is 11.6. The van der Waals surface area contributed by atoms with Crippen LogP contribution < -0.4 is 4.74 Å². The fourth-order valence-corrected chi connectivity index (χ4v) is 2.37. The molecule has 0 radical (unpaired) electrons. The highest BCUT2D eigenvalue weighted by molar-refractivity contribution is 5.89. The Morgan fingerprint density at radius 2 is 1.76 bits per heavy atom. The molecule has 1 aromatic rings. The predicted molar refractivity (Wildman–Crippen MR) is 103 cm³/mol. The fourth-order valence-electron chi connectivity index (χ4n) is 2.37. The normalized spacial score (nSPS) is 12.4. The summed E-state index contributed by atoms with van der Waals surface area (Å²) < 4.78 is 15.2. The van der Waals surface area contributed by atoms with Gasteiger partial charge in [-0.2, -0.15) is 0 Å². The van der Waals surface area contributed by atoms with E-state index in [1.54, 1.807) is 6.92 Å². The summed E-state index contributed by atoms with van der Waals surface area (Å²) in [6.45, 7) is 7.87. The largest absolute Gasteiger partial charge is 0.465 e. The first-order valence-corrected chi connectivity index (χ1v) is 9.16. The van der Waals surface area contributed by atoms with Crippen LogP contribution >= 0.6 is 0 Å². The van der Waals surface area contributed by atoms with Gasteiger partial charge in [0, 0.05) is 10.5 Å². The van der Waals surface area contributed by atoms with Gasteiger partial charge in [0.15, 0.2) is 6.10 Å². The van der Waals surface area contributed by atoms with Crippen molar-refractivity contribution in [3.63, 3.8) is 0 Å². The smallest absolute Gasteiger partial charge is 0.352 e. The molecule has 29 heavy (non-hydrogen) atoms. The van der Waals surface area contributed by atoms with Gasteiger partial charge in [-0.25, -0.2) is 9.59 Å². The van der Waals surface area contributed by atoms with E-state index in [-0.39, 0.29) is 24.4 Å². The molecule has 0 saturated heterocycles. The van der Waals surface area contributed by atoms with Gasteiger partial charge >= 0.3 is 17.9 Å². The Morgan fingerprint density at radius 3 is 2.24 bits per heavy atom. The average molecular weight is 407 g/mol. The molecule has 0 aliphatic rings. The highest BCUT2D eigenvalue weighted by atomic mass is 16.6. The van der Waals surface area contributed by atoms with E-state index in [9.17, 15) is 24.5 Å². The van der Waals surface area contributed by atoms with E-state index in [0.29, 0.717) is 12.0 Å². The molecule has 1 aromatic carbocycles. The summed E-state index contributed by atoms with van der Waals surface area (Å²) in [6, 6.07) is 5.71. The van der Waals surface area contributed by atoms with Crippen LogP contribution in [0.2, 0.25) is 0 Å². The Hall–Kier alpha value is -3.23. The number of rotatable bonds is 11. The minimum atomic E-state index is -1.08. The summed E-state index contributed by atoms with van der Waals surface area (Å²) in [6.07, 6.45) is -0.209. The summed E-state index contributed by atoms with van der Waals surface area (Å²) in [5, 5.41) is 10.9. The lowest BCUT2D eigenvalue weighted by molar-refractivity contribution is -0.481. The van der Waals surface area contributed by atoms with Crippen LogP contribution in [-0.2, 0) is 23.9 Å². The summed E-state index contributed by atoms with van der Waals surface area (Å²) in [5.41, 5.74) is 0.526. The van der Waals surface area contributed by atoms with Crippen molar-refractivity contribution in [2.45, 2.75) is 45.6 Å². The molecule has 0 amide bonds. The molecule has 0 aromatic heterocycles.